The molecule has 47 valence electrons. The van der Waals surface area contributed by atoms with Gasteiger partial charge in [0.05, 0.1) is 0 Å². The summed E-state index contributed by atoms with van der Waals surface area (Å²) >= 11 is 6.69. The quantitative estimate of drug-likeness (QED) is 0.661. The Morgan fingerprint density at radius 3 is 2.44 bits per heavy atom. The molecule has 0 spiro atoms. The largest absolute Gasteiger partial charge is 0.0508 e. The zero-order valence-corrected chi connectivity index (χ0v) is 8.08. The fourth-order valence-corrected chi connectivity index (χ4v) is 2.07. The summed E-state index contributed by atoms with van der Waals surface area (Å²) in [6.07, 6.45) is 0. The van der Waals surface area contributed by atoms with E-state index in [0.29, 0.717) is 0 Å². The molecule has 0 aliphatic heterocycles. The molecule has 1 aromatic rings. The van der Waals surface area contributed by atoms with E-state index in [4.69, 9.17) is 0 Å². The summed E-state index contributed by atoms with van der Waals surface area (Å²) in [5.41, 5.74) is 1.14. The first-order valence-corrected chi connectivity index (χ1v) is 4.12. The van der Waals surface area contributed by atoms with Crippen molar-refractivity contribution in [1.82, 2.24) is 0 Å². The summed E-state index contributed by atoms with van der Waals surface area (Å²) in [6.45, 7) is 2.01. The topological polar surface area (TPSA) is 0 Å². The van der Waals surface area contributed by atoms with E-state index in [1.807, 2.05) is 19.1 Å². The van der Waals surface area contributed by atoms with Crippen LogP contribution < -0.4 is 0 Å². The number of rotatable bonds is 0. The molecule has 0 bridgehead atoms. The molecule has 2 heteroatoms. The average Bonchev–Trinajstić information content (AvgIpc) is 1.59. The SMILES string of the molecule is Cc1[c]c(Br)cc(Br)c1. The Labute approximate surface area is 71.5 Å². The van der Waals surface area contributed by atoms with Gasteiger partial charge in [-0.05, 0) is 24.6 Å². The predicted octanol–water partition coefficient (Wildman–Crippen LogP) is 3.32. The third-order valence-electron chi connectivity index (χ3n) is 0.936. The van der Waals surface area contributed by atoms with Crippen LogP contribution in [0.2, 0.25) is 0 Å². The average molecular weight is 249 g/mol. The second-order valence-electron chi connectivity index (χ2n) is 1.83. The second kappa shape index (κ2) is 2.84. The predicted molar refractivity (Wildman–Crippen MR) is 45.4 cm³/mol. The Hall–Kier alpha value is 0.180. The third kappa shape index (κ3) is 2.11. The van der Waals surface area contributed by atoms with Crippen LogP contribution in [-0.2, 0) is 0 Å². The van der Waals surface area contributed by atoms with Crippen molar-refractivity contribution >= 4 is 31.9 Å². The fraction of sp³-hybridized carbons (Fsp3) is 0.143. The summed E-state index contributed by atoms with van der Waals surface area (Å²) in [4.78, 5) is 0. The summed E-state index contributed by atoms with van der Waals surface area (Å²) in [7, 11) is 0. The lowest BCUT2D eigenvalue weighted by Crippen LogP contribution is -1.72. The molecule has 0 atom stereocenters. The molecular weight excluding hydrogens is 244 g/mol. The van der Waals surface area contributed by atoms with Crippen LogP contribution in [0.5, 0.6) is 0 Å². The Bertz CT molecular complexity index is 168. The number of hydrogen-bond donors (Lipinski definition) is 0. The van der Waals surface area contributed by atoms with Gasteiger partial charge in [0.25, 0.3) is 0 Å². The number of aryl methyl sites for hydroxylation is 1. The minimum absolute atomic E-state index is 0.995. The van der Waals surface area contributed by atoms with Crippen LogP contribution >= 0.6 is 31.9 Å². The first-order chi connectivity index (χ1) is 4.18. The molecule has 1 aromatic carbocycles. The van der Waals surface area contributed by atoms with Crippen LogP contribution in [0.15, 0.2) is 21.1 Å². The maximum Gasteiger partial charge on any atom is 0.0268 e. The highest BCUT2D eigenvalue weighted by atomic mass is 79.9. The van der Waals surface area contributed by atoms with Crippen molar-refractivity contribution in [3.63, 3.8) is 0 Å². The van der Waals surface area contributed by atoms with E-state index in [2.05, 4.69) is 37.9 Å². The summed E-state index contributed by atoms with van der Waals surface area (Å²) in [6, 6.07) is 7.08. The molecule has 0 aliphatic carbocycles. The zero-order valence-electron chi connectivity index (χ0n) is 4.91. The summed E-state index contributed by atoms with van der Waals surface area (Å²) in [5, 5.41) is 0. The van der Waals surface area contributed by atoms with E-state index >= 15 is 0 Å². The summed E-state index contributed by atoms with van der Waals surface area (Å²) < 4.78 is 2.08. The monoisotopic (exact) mass is 247 g/mol. The number of hydrogen-bond acceptors (Lipinski definition) is 0. The number of halogens is 2. The van der Waals surface area contributed by atoms with Gasteiger partial charge in [-0.25, -0.2) is 0 Å². The second-order valence-corrected chi connectivity index (χ2v) is 3.60. The van der Waals surface area contributed by atoms with Crippen molar-refractivity contribution in [2.24, 2.45) is 0 Å². The van der Waals surface area contributed by atoms with Crippen LogP contribution in [0.1, 0.15) is 5.56 Å². The lowest BCUT2D eigenvalue weighted by molar-refractivity contribution is 1.42. The van der Waals surface area contributed by atoms with Gasteiger partial charge in [0.2, 0.25) is 0 Å². The highest BCUT2D eigenvalue weighted by Crippen LogP contribution is 2.18. The molecule has 0 heterocycles. The van der Waals surface area contributed by atoms with Gasteiger partial charge < -0.3 is 0 Å². The Morgan fingerprint density at radius 1 is 1.33 bits per heavy atom. The maximum absolute atomic E-state index is 3.36. The third-order valence-corrected chi connectivity index (χ3v) is 1.82. The van der Waals surface area contributed by atoms with Gasteiger partial charge in [-0.1, -0.05) is 31.9 Å². The molecule has 0 nitrogen and oxygen atoms in total. The van der Waals surface area contributed by atoms with E-state index < -0.39 is 0 Å². The Morgan fingerprint density at radius 2 is 2.00 bits per heavy atom. The summed E-state index contributed by atoms with van der Waals surface area (Å²) in [5.74, 6) is 0. The molecule has 0 aliphatic rings. The minimum atomic E-state index is 0.995. The van der Waals surface area contributed by atoms with Crippen molar-refractivity contribution < 1.29 is 0 Å². The normalized spacial score (nSPS) is 9.67. The first kappa shape index (κ1) is 7.29. The molecule has 0 N–H and O–H groups in total. The van der Waals surface area contributed by atoms with E-state index in [-0.39, 0.29) is 0 Å². The van der Waals surface area contributed by atoms with Crippen LogP contribution in [0.4, 0.5) is 0 Å². The van der Waals surface area contributed by atoms with Gasteiger partial charge in [0, 0.05) is 15.0 Å². The first-order valence-electron chi connectivity index (χ1n) is 2.53. The fourth-order valence-electron chi connectivity index (χ4n) is 0.630. The van der Waals surface area contributed by atoms with E-state index in [1.165, 1.54) is 0 Å². The van der Waals surface area contributed by atoms with Gasteiger partial charge in [0.15, 0.2) is 0 Å². The Kier molecular flexibility index (Phi) is 2.30. The molecule has 0 saturated carbocycles. The van der Waals surface area contributed by atoms with Gasteiger partial charge in [-0.3, -0.25) is 0 Å². The molecule has 0 aromatic heterocycles. The van der Waals surface area contributed by atoms with Crippen LogP contribution in [0.3, 0.4) is 0 Å². The van der Waals surface area contributed by atoms with Gasteiger partial charge in [-0.2, -0.15) is 0 Å². The smallest absolute Gasteiger partial charge is 0.0268 e. The van der Waals surface area contributed by atoms with Gasteiger partial charge >= 0.3 is 0 Å². The molecule has 0 unspecified atom stereocenters. The molecule has 0 fully saturated rings. The van der Waals surface area contributed by atoms with Crippen LogP contribution in [0.25, 0.3) is 0 Å². The van der Waals surface area contributed by atoms with Crippen molar-refractivity contribution in [1.29, 1.82) is 0 Å². The molecule has 9 heavy (non-hydrogen) atoms. The molecular formula is C7H5Br2. The van der Waals surface area contributed by atoms with Crippen molar-refractivity contribution in [2.75, 3.05) is 0 Å². The van der Waals surface area contributed by atoms with E-state index in [0.717, 1.165) is 14.5 Å². The van der Waals surface area contributed by atoms with E-state index in [9.17, 15) is 0 Å². The highest BCUT2D eigenvalue weighted by Gasteiger charge is 1.91. The van der Waals surface area contributed by atoms with Crippen LogP contribution in [0, 0.1) is 13.0 Å². The lowest BCUT2D eigenvalue weighted by Gasteiger charge is -1.93. The minimum Gasteiger partial charge on any atom is -0.0508 e. The van der Waals surface area contributed by atoms with E-state index in [1.54, 1.807) is 0 Å². The highest BCUT2D eigenvalue weighted by molar-refractivity contribution is 9.11. The van der Waals surface area contributed by atoms with Crippen LogP contribution in [-0.4, -0.2) is 0 Å². The number of benzene rings is 1. The zero-order chi connectivity index (χ0) is 6.85. The van der Waals surface area contributed by atoms with Gasteiger partial charge in [-0.15, -0.1) is 0 Å². The molecule has 0 saturated heterocycles. The van der Waals surface area contributed by atoms with Crippen molar-refractivity contribution in [3.8, 4) is 0 Å². The lowest BCUT2D eigenvalue weighted by atomic mass is 10.2. The van der Waals surface area contributed by atoms with Crippen molar-refractivity contribution in [3.05, 3.63) is 32.7 Å². The molecule has 1 rings (SSSR count). The molecule has 1 radical (unpaired) electrons. The van der Waals surface area contributed by atoms with Gasteiger partial charge in [0.1, 0.15) is 0 Å². The maximum atomic E-state index is 3.36. The standard InChI is InChI=1S/C7H5Br2/c1-5-2-6(8)4-7(9)3-5/h2,4H,1H3. The Balaban J connectivity index is 3.17. The van der Waals surface area contributed by atoms with Crippen molar-refractivity contribution in [2.45, 2.75) is 6.92 Å². The molecule has 0 amide bonds.